The van der Waals surface area contributed by atoms with Gasteiger partial charge in [-0.3, -0.25) is 14.2 Å². The van der Waals surface area contributed by atoms with Crippen molar-refractivity contribution in [2.45, 2.75) is 17.0 Å². The van der Waals surface area contributed by atoms with Crippen molar-refractivity contribution in [1.82, 2.24) is 9.55 Å². The van der Waals surface area contributed by atoms with Gasteiger partial charge in [0.15, 0.2) is 5.16 Å². The van der Waals surface area contributed by atoms with Crippen molar-refractivity contribution in [3.8, 4) is 0 Å². The summed E-state index contributed by atoms with van der Waals surface area (Å²) in [4.78, 5) is 29.1. The Morgan fingerprint density at radius 1 is 1.38 bits per heavy atom. The monoisotopic (exact) mass is 357 g/mol. The van der Waals surface area contributed by atoms with Gasteiger partial charge in [-0.25, -0.2) is 4.98 Å². The molecule has 0 aliphatic heterocycles. The molecule has 1 amide bonds. The molecule has 0 aliphatic carbocycles. The number of benzene rings is 1. The van der Waals surface area contributed by atoms with Gasteiger partial charge in [0.2, 0.25) is 5.91 Å². The van der Waals surface area contributed by atoms with E-state index in [4.69, 9.17) is 5.73 Å². The fraction of sp³-hybridized carbons (Fsp3) is 0.118. The van der Waals surface area contributed by atoms with Gasteiger partial charge in [-0.05, 0) is 17.0 Å². The van der Waals surface area contributed by atoms with Crippen LogP contribution in [0, 0.1) is 0 Å². The Labute approximate surface area is 146 Å². The SMILES string of the molecule is C=CCn1c(SC(C(N)=O)c2ccccc2)nc2ccsc2c1=O. The highest BCUT2D eigenvalue weighted by Gasteiger charge is 2.23. The molecule has 3 rings (SSSR count). The van der Waals surface area contributed by atoms with Crippen molar-refractivity contribution >= 4 is 39.2 Å². The Hall–Kier alpha value is -2.38. The lowest BCUT2D eigenvalue weighted by Crippen LogP contribution is -2.24. The fourth-order valence-corrected chi connectivity index (χ4v) is 4.16. The molecule has 0 radical (unpaired) electrons. The van der Waals surface area contributed by atoms with Crippen molar-refractivity contribution in [2.75, 3.05) is 0 Å². The maximum absolute atomic E-state index is 12.6. The number of hydrogen-bond acceptors (Lipinski definition) is 5. The minimum absolute atomic E-state index is 0.131. The number of amides is 1. The molecular weight excluding hydrogens is 342 g/mol. The molecule has 122 valence electrons. The average Bonchev–Trinajstić information content (AvgIpc) is 3.05. The van der Waals surface area contributed by atoms with Crippen LogP contribution in [0.3, 0.4) is 0 Å². The van der Waals surface area contributed by atoms with E-state index < -0.39 is 11.2 Å². The molecular formula is C17H15N3O2S2. The van der Waals surface area contributed by atoms with Gasteiger partial charge in [0, 0.05) is 6.54 Å². The zero-order chi connectivity index (χ0) is 17.1. The van der Waals surface area contributed by atoms with E-state index in [2.05, 4.69) is 11.6 Å². The summed E-state index contributed by atoms with van der Waals surface area (Å²) in [6, 6.07) is 11.0. The van der Waals surface area contributed by atoms with Crippen LogP contribution >= 0.6 is 23.1 Å². The van der Waals surface area contributed by atoms with Crippen molar-refractivity contribution < 1.29 is 4.79 Å². The van der Waals surface area contributed by atoms with Crippen LogP contribution in [0.1, 0.15) is 10.8 Å². The summed E-state index contributed by atoms with van der Waals surface area (Å²) in [7, 11) is 0. The molecule has 0 saturated heterocycles. The number of rotatable bonds is 6. The first-order valence-corrected chi connectivity index (χ1v) is 8.97. The van der Waals surface area contributed by atoms with Crippen LogP contribution in [0.15, 0.2) is 64.4 Å². The summed E-state index contributed by atoms with van der Waals surface area (Å²) in [5.41, 5.74) is 6.85. The minimum Gasteiger partial charge on any atom is -0.368 e. The number of carbonyl (C=O) groups is 1. The van der Waals surface area contributed by atoms with Crippen LogP contribution in [0.25, 0.3) is 10.2 Å². The molecule has 24 heavy (non-hydrogen) atoms. The van der Waals surface area contributed by atoms with E-state index in [0.29, 0.717) is 21.9 Å². The largest absolute Gasteiger partial charge is 0.368 e. The second kappa shape index (κ2) is 7.02. The number of nitrogens with zero attached hydrogens (tertiary/aromatic N) is 2. The van der Waals surface area contributed by atoms with E-state index in [9.17, 15) is 9.59 Å². The summed E-state index contributed by atoms with van der Waals surface area (Å²) in [5.74, 6) is -0.476. The number of nitrogens with two attached hydrogens (primary N) is 1. The smallest absolute Gasteiger partial charge is 0.272 e. The summed E-state index contributed by atoms with van der Waals surface area (Å²) in [6.45, 7) is 4.02. The second-order valence-corrected chi connectivity index (χ2v) is 7.03. The van der Waals surface area contributed by atoms with E-state index in [1.165, 1.54) is 27.7 Å². The van der Waals surface area contributed by atoms with Gasteiger partial charge in [0.1, 0.15) is 9.95 Å². The molecule has 1 unspecified atom stereocenters. The Kier molecular flexibility index (Phi) is 4.82. The number of fused-ring (bicyclic) bond motifs is 1. The molecule has 7 heteroatoms. The number of thiophene rings is 1. The number of hydrogen-bond donors (Lipinski definition) is 1. The average molecular weight is 357 g/mol. The normalized spacial score (nSPS) is 12.2. The molecule has 2 aromatic heterocycles. The molecule has 1 aromatic carbocycles. The van der Waals surface area contributed by atoms with Gasteiger partial charge in [0.05, 0.1) is 5.52 Å². The van der Waals surface area contributed by atoms with E-state index in [1.54, 1.807) is 12.1 Å². The summed E-state index contributed by atoms with van der Waals surface area (Å²) >= 11 is 2.54. The first kappa shape index (κ1) is 16.5. The predicted octanol–water partition coefficient (Wildman–Crippen LogP) is 2.96. The highest BCUT2D eigenvalue weighted by Crippen LogP contribution is 2.34. The van der Waals surface area contributed by atoms with Gasteiger partial charge in [-0.15, -0.1) is 17.9 Å². The second-order valence-electron chi connectivity index (χ2n) is 5.04. The van der Waals surface area contributed by atoms with E-state index in [-0.39, 0.29) is 5.56 Å². The number of thioether (sulfide) groups is 1. The quantitative estimate of drug-likeness (QED) is 0.418. The number of carbonyl (C=O) groups excluding carboxylic acids is 1. The summed E-state index contributed by atoms with van der Waals surface area (Å²) < 4.78 is 2.12. The zero-order valence-electron chi connectivity index (χ0n) is 12.7. The van der Waals surface area contributed by atoms with Crippen LogP contribution in [0.2, 0.25) is 0 Å². The molecule has 0 aliphatic rings. The minimum atomic E-state index is -0.620. The molecule has 0 spiro atoms. The van der Waals surface area contributed by atoms with Gasteiger partial charge < -0.3 is 5.73 Å². The lowest BCUT2D eigenvalue weighted by molar-refractivity contribution is -0.117. The van der Waals surface area contributed by atoms with E-state index >= 15 is 0 Å². The van der Waals surface area contributed by atoms with Gasteiger partial charge >= 0.3 is 0 Å². The van der Waals surface area contributed by atoms with Crippen LogP contribution in [0.5, 0.6) is 0 Å². The van der Waals surface area contributed by atoms with Gasteiger partial charge in [0.25, 0.3) is 5.56 Å². The Morgan fingerprint density at radius 3 is 2.79 bits per heavy atom. The first-order valence-electron chi connectivity index (χ1n) is 7.21. The zero-order valence-corrected chi connectivity index (χ0v) is 14.3. The lowest BCUT2D eigenvalue weighted by Gasteiger charge is -2.16. The maximum Gasteiger partial charge on any atom is 0.272 e. The summed E-state index contributed by atoms with van der Waals surface area (Å²) in [5, 5.41) is 1.66. The molecule has 3 aromatic rings. The highest BCUT2D eigenvalue weighted by molar-refractivity contribution is 8.00. The number of allylic oxidation sites excluding steroid dienone is 1. The third-order valence-electron chi connectivity index (χ3n) is 3.43. The molecule has 0 bridgehead atoms. The lowest BCUT2D eigenvalue weighted by atomic mass is 10.1. The van der Waals surface area contributed by atoms with Crippen molar-refractivity contribution in [2.24, 2.45) is 5.73 Å². The van der Waals surface area contributed by atoms with Crippen LogP contribution < -0.4 is 11.3 Å². The molecule has 5 nitrogen and oxygen atoms in total. The molecule has 2 heterocycles. The molecule has 0 saturated carbocycles. The van der Waals surface area contributed by atoms with Crippen molar-refractivity contribution in [3.63, 3.8) is 0 Å². The fourth-order valence-electron chi connectivity index (χ4n) is 2.33. The topological polar surface area (TPSA) is 78.0 Å². The Morgan fingerprint density at radius 2 is 2.12 bits per heavy atom. The van der Waals surface area contributed by atoms with Crippen molar-refractivity contribution in [1.29, 1.82) is 0 Å². The standard InChI is InChI=1S/C17H15N3O2S2/c1-2-9-20-16(22)14-12(8-10-23-14)19-17(20)24-13(15(18)21)11-6-4-3-5-7-11/h2-8,10,13H,1,9H2,(H2,18,21). The number of aromatic nitrogens is 2. The van der Waals surface area contributed by atoms with E-state index in [1.807, 2.05) is 35.7 Å². The van der Waals surface area contributed by atoms with E-state index in [0.717, 1.165) is 5.56 Å². The molecule has 1 atom stereocenters. The first-order chi connectivity index (χ1) is 11.6. The predicted molar refractivity (Wildman–Crippen MR) is 98.3 cm³/mol. The molecule has 0 fully saturated rings. The van der Waals surface area contributed by atoms with Crippen LogP contribution in [-0.2, 0) is 11.3 Å². The Balaban J connectivity index is 2.10. The van der Waals surface area contributed by atoms with Crippen LogP contribution in [-0.4, -0.2) is 15.5 Å². The Bertz CT molecular complexity index is 947. The molecule has 2 N–H and O–H groups in total. The van der Waals surface area contributed by atoms with Gasteiger partial charge in [-0.2, -0.15) is 0 Å². The third kappa shape index (κ3) is 3.13. The highest BCUT2D eigenvalue weighted by atomic mass is 32.2. The van der Waals surface area contributed by atoms with Gasteiger partial charge in [-0.1, -0.05) is 48.2 Å². The van der Waals surface area contributed by atoms with Crippen LogP contribution in [0.4, 0.5) is 0 Å². The summed E-state index contributed by atoms with van der Waals surface area (Å²) in [6.07, 6.45) is 1.63. The number of primary amides is 1. The van der Waals surface area contributed by atoms with Crippen molar-refractivity contribution in [3.05, 3.63) is 70.4 Å². The maximum atomic E-state index is 12.6. The third-order valence-corrected chi connectivity index (χ3v) is 5.58.